The first kappa shape index (κ1) is 19.5. The highest BCUT2D eigenvalue weighted by Gasteiger charge is 2.26. The second-order valence-electron chi connectivity index (χ2n) is 6.51. The van der Waals surface area contributed by atoms with Crippen molar-refractivity contribution in [3.05, 3.63) is 54.6 Å². The van der Waals surface area contributed by atoms with Gasteiger partial charge in [0.25, 0.3) is 0 Å². The molecule has 1 atom stereocenters. The van der Waals surface area contributed by atoms with E-state index >= 15 is 0 Å². The van der Waals surface area contributed by atoms with Gasteiger partial charge in [0.1, 0.15) is 5.84 Å². The fourth-order valence-electron chi connectivity index (χ4n) is 3.41. The Morgan fingerprint density at radius 3 is 2.68 bits per heavy atom. The first-order valence-corrected chi connectivity index (χ1v) is 9.18. The summed E-state index contributed by atoms with van der Waals surface area (Å²) in [6, 6.07) is 10.8. The maximum Gasteiger partial charge on any atom is 0.108 e. The standard InChI is InChI=1S/C20H28N4.ClH/c1-2-3-4-8-13-24-15-12-22-20(24)19(16-23-14-11-21-17-23)18-9-6-5-7-10-18;/h5-7,9-11,14,17,19H,2-4,8,12-13,15-16H2,1H3;1H. The zero-order valence-corrected chi connectivity index (χ0v) is 15.9. The number of rotatable bonds is 9. The van der Waals surface area contributed by atoms with Crippen molar-refractivity contribution in [2.75, 3.05) is 19.6 Å². The van der Waals surface area contributed by atoms with Crippen LogP contribution in [0.5, 0.6) is 0 Å². The van der Waals surface area contributed by atoms with Crippen molar-refractivity contribution >= 4 is 18.2 Å². The Balaban J connectivity index is 0.00000225. The molecule has 1 aliphatic rings. The van der Waals surface area contributed by atoms with Gasteiger partial charge in [0.15, 0.2) is 0 Å². The van der Waals surface area contributed by atoms with Gasteiger partial charge in [-0.3, -0.25) is 4.99 Å². The number of halogens is 1. The third kappa shape index (κ3) is 5.33. The zero-order chi connectivity index (χ0) is 16.6. The van der Waals surface area contributed by atoms with Gasteiger partial charge < -0.3 is 9.47 Å². The fraction of sp³-hybridized carbons (Fsp3) is 0.500. The molecule has 1 unspecified atom stereocenters. The van der Waals surface area contributed by atoms with Crippen LogP contribution in [0.1, 0.15) is 44.1 Å². The number of aromatic nitrogens is 2. The molecule has 2 aromatic rings. The van der Waals surface area contributed by atoms with E-state index in [0.717, 1.165) is 26.2 Å². The average Bonchev–Trinajstić information content (AvgIpc) is 3.29. The van der Waals surface area contributed by atoms with E-state index in [2.05, 4.69) is 51.7 Å². The molecule has 0 amide bonds. The first-order chi connectivity index (χ1) is 11.9. The summed E-state index contributed by atoms with van der Waals surface area (Å²) in [5, 5.41) is 0. The molecular weight excluding hydrogens is 332 g/mol. The van der Waals surface area contributed by atoms with Crippen molar-refractivity contribution in [2.24, 2.45) is 4.99 Å². The minimum Gasteiger partial charge on any atom is -0.358 e. The molecule has 1 aliphatic heterocycles. The molecule has 25 heavy (non-hydrogen) atoms. The van der Waals surface area contributed by atoms with Crippen molar-refractivity contribution < 1.29 is 0 Å². The van der Waals surface area contributed by atoms with Gasteiger partial charge in [0.2, 0.25) is 0 Å². The van der Waals surface area contributed by atoms with Crippen molar-refractivity contribution in [3.8, 4) is 0 Å². The third-order valence-corrected chi connectivity index (χ3v) is 4.72. The molecule has 0 saturated carbocycles. The smallest absolute Gasteiger partial charge is 0.108 e. The Kier molecular flexibility index (Phi) is 7.99. The van der Waals surface area contributed by atoms with Crippen LogP contribution in [-0.4, -0.2) is 39.9 Å². The maximum absolute atomic E-state index is 4.88. The Labute approximate surface area is 157 Å². The van der Waals surface area contributed by atoms with E-state index in [0.29, 0.717) is 5.92 Å². The number of hydrogen-bond donors (Lipinski definition) is 0. The van der Waals surface area contributed by atoms with Crippen LogP contribution in [0.25, 0.3) is 0 Å². The van der Waals surface area contributed by atoms with E-state index in [-0.39, 0.29) is 12.4 Å². The maximum atomic E-state index is 4.88. The summed E-state index contributed by atoms with van der Waals surface area (Å²) in [5.74, 6) is 1.56. The van der Waals surface area contributed by atoms with E-state index in [1.807, 2.05) is 18.7 Å². The van der Waals surface area contributed by atoms with Crippen LogP contribution < -0.4 is 0 Å². The number of benzene rings is 1. The number of imidazole rings is 1. The van der Waals surface area contributed by atoms with Gasteiger partial charge in [-0.05, 0) is 12.0 Å². The molecule has 0 N–H and O–H groups in total. The van der Waals surface area contributed by atoms with Crippen LogP contribution >= 0.6 is 12.4 Å². The number of nitrogens with zero attached hydrogens (tertiary/aromatic N) is 4. The topological polar surface area (TPSA) is 33.4 Å². The highest BCUT2D eigenvalue weighted by molar-refractivity contribution is 5.90. The van der Waals surface area contributed by atoms with Crippen molar-refractivity contribution in [1.29, 1.82) is 0 Å². The normalized spacial score (nSPS) is 14.9. The number of unbranched alkanes of at least 4 members (excludes halogenated alkanes) is 3. The highest BCUT2D eigenvalue weighted by Crippen LogP contribution is 2.24. The minimum absolute atomic E-state index is 0. The van der Waals surface area contributed by atoms with Gasteiger partial charge in [-0.25, -0.2) is 4.98 Å². The molecule has 0 fully saturated rings. The summed E-state index contributed by atoms with van der Waals surface area (Å²) in [7, 11) is 0. The molecule has 0 aliphatic carbocycles. The SMILES string of the molecule is CCCCCCN1CCN=C1C(Cn1ccnc1)c1ccccc1.Cl. The van der Waals surface area contributed by atoms with E-state index in [4.69, 9.17) is 4.99 Å². The van der Waals surface area contributed by atoms with Gasteiger partial charge in [-0.15, -0.1) is 12.4 Å². The van der Waals surface area contributed by atoms with Gasteiger partial charge in [0.05, 0.1) is 18.8 Å². The Bertz CT molecular complexity index is 624. The molecule has 3 rings (SSSR count). The lowest BCUT2D eigenvalue weighted by Crippen LogP contribution is -2.34. The lowest BCUT2D eigenvalue weighted by molar-refractivity contribution is 0.417. The molecule has 0 saturated heterocycles. The van der Waals surface area contributed by atoms with Gasteiger partial charge in [0, 0.05) is 32.0 Å². The number of hydrogen-bond acceptors (Lipinski definition) is 3. The monoisotopic (exact) mass is 360 g/mol. The average molecular weight is 361 g/mol. The predicted octanol–water partition coefficient (Wildman–Crippen LogP) is 4.38. The van der Waals surface area contributed by atoms with E-state index in [1.54, 1.807) is 0 Å². The van der Waals surface area contributed by atoms with E-state index < -0.39 is 0 Å². The molecule has 5 heteroatoms. The Hall–Kier alpha value is -1.81. The molecule has 2 heterocycles. The van der Waals surface area contributed by atoms with Gasteiger partial charge in [-0.1, -0.05) is 56.5 Å². The fourth-order valence-corrected chi connectivity index (χ4v) is 3.41. The number of amidine groups is 1. The summed E-state index contributed by atoms with van der Waals surface area (Å²) < 4.78 is 2.16. The van der Waals surface area contributed by atoms with Gasteiger partial charge >= 0.3 is 0 Å². The van der Waals surface area contributed by atoms with Crippen LogP contribution in [0.15, 0.2) is 54.0 Å². The largest absolute Gasteiger partial charge is 0.358 e. The van der Waals surface area contributed by atoms with Crippen LogP contribution in [0, 0.1) is 0 Å². The van der Waals surface area contributed by atoms with Crippen LogP contribution in [-0.2, 0) is 6.54 Å². The zero-order valence-electron chi connectivity index (χ0n) is 15.1. The summed E-state index contributed by atoms with van der Waals surface area (Å²) in [4.78, 5) is 11.6. The van der Waals surface area contributed by atoms with E-state index in [9.17, 15) is 0 Å². The summed E-state index contributed by atoms with van der Waals surface area (Å²) in [6.45, 7) is 6.28. The molecule has 0 radical (unpaired) electrons. The van der Waals surface area contributed by atoms with Crippen molar-refractivity contribution in [2.45, 2.75) is 45.1 Å². The first-order valence-electron chi connectivity index (χ1n) is 9.18. The molecule has 0 spiro atoms. The Morgan fingerprint density at radius 2 is 1.96 bits per heavy atom. The lowest BCUT2D eigenvalue weighted by atomic mass is 9.96. The lowest BCUT2D eigenvalue weighted by Gasteiger charge is -2.27. The highest BCUT2D eigenvalue weighted by atomic mass is 35.5. The van der Waals surface area contributed by atoms with E-state index in [1.165, 1.54) is 37.1 Å². The third-order valence-electron chi connectivity index (χ3n) is 4.72. The summed E-state index contributed by atoms with van der Waals surface area (Å²) >= 11 is 0. The van der Waals surface area contributed by atoms with Crippen LogP contribution in [0.4, 0.5) is 0 Å². The summed E-state index contributed by atoms with van der Waals surface area (Å²) in [5.41, 5.74) is 1.34. The van der Waals surface area contributed by atoms with Crippen LogP contribution in [0.3, 0.4) is 0 Å². The second kappa shape index (κ2) is 10.2. The molecule has 136 valence electrons. The van der Waals surface area contributed by atoms with Crippen molar-refractivity contribution in [1.82, 2.24) is 14.5 Å². The molecular formula is C20H29ClN4. The molecule has 0 bridgehead atoms. The predicted molar refractivity (Wildman–Crippen MR) is 107 cm³/mol. The minimum atomic E-state index is 0. The molecule has 1 aromatic carbocycles. The second-order valence-corrected chi connectivity index (χ2v) is 6.51. The molecule has 1 aromatic heterocycles. The van der Waals surface area contributed by atoms with Crippen LogP contribution in [0.2, 0.25) is 0 Å². The van der Waals surface area contributed by atoms with Crippen molar-refractivity contribution in [3.63, 3.8) is 0 Å². The summed E-state index contributed by atoms with van der Waals surface area (Å²) in [6.07, 6.45) is 11.0. The molecule has 4 nitrogen and oxygen atoms in total. The number of aliphatic imine (C=N–C) groups is 1. The quantitative estimate of drug-likeness (QED) is 0.621. The van der Waals surface area contributed by atoms with Gasteiger partial charge in [-0.2, -0.15) is 0 Å². The Morgan fingerprint density at radius 1 is 1.12 bits per heavy atom.